The maximum absolute atomic E-state index is 12.5. The SMILES string of the molecule is Cc1nonc1CC(=O)N1CCC2(CC1)OCCc1ccsc12. The number of hydrogen-bond acceptors (Lipinski definition) is 6. The Kier molecular flexibility index (Phi) is 3.69. The average molecular weight is 333 g/mol. The van der Waals surface area contributed by atoms with Crippen LogP contribution in [0.25, 0.3) is 0 Å². The Balaban J connectivity index is 1.44. The van der Waals surface area contributed by atoms with Crippen molar-refractivity contribution in [1.82, 2.24) is 15.2 Å². The molecule has 2 aromatic heterocycles. The van der Waals surface area contributed by atoms with Crippen molar-refractivity contribution in [2.75, 3.05) is 19.7 Å². The smallest absolute Gasteiger partial charge is 0.228 e. The third-order valence-corrected chi connectivity index (χ3v) is 6.04. The van der Waals surface area contributed by atoms with E-state index in [1.807, 2.05) is 4.90 Å². The van der Waals surface area contributed by atoms with E-state index in [1.165, 1.54) is 10.4 Å². The van der Waals surface area contributed by atoms with E-state index in [-0.39, 0.29) is 17.9 Å². The van der Waals surface area contributed by atoms with E-state index in [0.29, 0.717) is 11.4 Å². The van der Waals surface area contributed by atoms with Crippen LogP contribution in [0.4, 0.5) is 0 Å². The Labute approximate surface area is 138 Å². The van der Waals surface area contributed by atoms with E-state index >= 15 is 0 Å². The van der Waals surface area contributed by atoms with Gasteiger partial charge in [0.2, 0.25) is 5.91 Å². The van der Waals surface area contributed by atoms with Gasteiger partial charge >= 0.3 is 0 Å². The van der Waals surface area contributed by atoms with E-state index in [1.54, 1.807) is 18.3 Å². The first-order chi connectivity index (χ1) is 11.2. The molecule has 23 heavy (non-hydrogen) atoms. The fraction of sp³-hybridized carbons (Fsp3) is 0.562. The first-order valence-corrected chi connectivity index (χ1v) is 8.82. The Morgan fingerprint density at radius 1 is 1.39 bits per heavy atom. The zero-order valence-corrected chi connectivity index (χ0v) is 13.9. The van der Waals surface area contributed by atoms with Crippen LogP contribution in [0.5, 0.6) is 0 Å². The van der Waals surface area contributed by atoms with Crippen LogP contribution in [0, 0.1) is 6.92 Å². The molecular weight excluding hydrogens is 314 g/mol. The van der Waals surface area contributed by atoms with E-state index in [0.717, 1.165) is 39.0 Å². The van der Waals surface area contributed by atoms with Gasteiger partial charge in [-0.25, -0.2) is 4.63 Å². The van der Waals surface area contributed by atoms with Crippen LogP contribution in [0.15, 0.2) is 16.1 Å². The summed E-state index contributed by atoms with van der Waals surface area (Å²) in [5, 5.41) is 9.68. The van der Waals surface area contributed by atoms with Crippen molar-refractivity contribution in [1.29, 1.82) is 0 Å². The summed E-state index contributed by atoms with van der Waals surface area (Å²) in [6.07, 6.45) is 2.99. The maximum atomic E-state index is 12.5. The molecule has 2 aliphatic rings. The minimum Gasteiger partial charge on any atom is -0.369 e. The minimum atomic E-state index is -0.177. The molecule has 0 aromatic carbocycles. The first kappa shape index (κ1) is 14.8. The lowest BCUT2D eigenvalue weighted by atomic mass is 9.85. The van der Waals surface area contributed by atoms with Gasteiger partial charge in [-0.2, -0.15) is 0 Å². The van der Waals surface area contributed by atoms with Gasteiger partial charge in [0.05, 0.1) is 13.0 Å². The van der Waals surface area contributed by atoms with Gasteiger partial charge in [0.1, 0.15) is 17.0 Å². The largest absolute Gasteiger partial charge is 0.369 e. The highest BCUT2D eigenvalue weighted by Crippen LogP contribution is 2.44. The second kappa shape index (κ2) is 5.72. The van der Waals surface area contributed by atoms with Crippen LogP contribution in [0.3, 0.4) is 0 Å². The molecule has 0 bridgehead atoms. The number of hydrogen-bond donors (Lipinski definition) is 0. The van der Waals surface area contributed by atoms with Crippen LogP contribution in [-0.2, 0) is 28.0 Å². The second-order valence-electron chi connectivity index (χ2n) is 6.22. The zero-order chi connectivity index (χ0) is 15.9. The predicted molar refractivity (Wildman–Crippen MR) is 84.2 cm³/mol. The quantitative estimate of drug-likeness (QED) is 0.841. The number of aryl methyl sites for hydroxylation is 1. The van der Waals surface area contributed by atoms with Gasteiger partial charge in [-0.05, 0) is 43.2 Å². The zero-order valence-electron chi connectivity index (χ0n) is 13.1. The standard InChI is InChI=1S/C16H19N3O3S/c1-11-13(18-22-17-11)10-14(20)19-6-4-16(5-7-19)15-12(2-8-21-16)3-9-23-15/h3,9H,2,4-8,10H2,1H3. The molecule has 0 N–H and O–H groups in total. The van der Waals surface area contributed by atoms with E-state index in [4.69, 9.17) is 4.74 Å². The Hall–Kier alpha value is -1.73. The lowest BCUT2D eigenvalue weighted by Gasteiger charge is -2.43. The molecule has 1 amide bonds. The molecule has 1 saturated heterocycles. The number of fused-ring (bicyclic) bond motifs is 2. The topological polar surface area (TPSA) is 68.5 Å². The number of thiophene rings is 1. The summed E-state index contributed by atoms with van der Waals surface area (Å²) in [5.41, 5.74) is 2.56. The normalized spacial score (nSPS) is 19.8. The van der Waals surface area contributed by atoms with Crippen molar-refractivity contribution in [3.63, 3.8) is 0 Å². The summed E-state index contributed by atoms with van der Waals surface area (Å²) < 4.78 is 10.8. The second-order valence-corrected chi connectivity index (χ2v) is 7.14. The van der Waals surface area contributed by atoms with Gasteiger partial charge < -0.3 is 9.64 Å². The van der Waals surface area contributed by atoms with Crippen molar-refractivity contribution in [2.24, 2.45) is 0 Å². The first-order valence-electron chi connectivity index (χ1n) is 7.94. The summed E-state index contributed by atoms with van der Waals surface area (Å²) in [6.45, 7) is 4.03. The number of likely N-dealkylation sites (tertiary alicyclic amines) is 1. The van der Waals surface area contributed by atoms with Crippen molar-refractivity contribution in [3.05, 3.63) is 33.3 Å². The molecular formula is C16H19N3O3S. The molecule has 1 fully saturated rings. The molecule has 7 heteroatoms. The van der Waals surface area contributed by atoms with Crippen LogP contribution in [0.1, 0.15) is 34.7 Å². The summed E-state index contributed by atoms with van der Waals surface area (Å²) in [5.74, 6) is 0.0841. The summed E-state index contributed by atoms with van der Waals surface area (Å²) in [7, 11) is 0. The minimum absolute atomic E-state index is 0.0841. The van der Waals surface area contributed by atoms with Crippen LogP contribution in [-0.4, -0.2) is 40.8 Å². The van der Waals surface area contributed by atoms with Gasteiger partial charge in [0.15, 0.2) is 0 Å². The lowest BCUT2D eigenvalue weighted by Crippen LogP contribution is -2.48. The third kappa shape index (κ3) is 2.57. The molecule has 6 nitrogen and oxygen atoms in total. The molecule has 0 aliphatic carbocycles. The fourth-order valence-electron chi connectivity index (χ4n) is 3.51. The number of ether oxygens (including phenoxy) is 1. The molecule has 122 valence electrons. The Bertz CT molecular complexity index is 716. The molecule has 2 aliphatic heterocycles. The van der Waals surface area contributed by atoms with E-state index < -0.39 is 0 Å². The van der Waals surface area contributed by atoms with Crippen molar-refractivity contribution < 1.29 is 14.2 Å². The van der Waals surface area contributed by atoms with E-state index in [9.17, 15) is 4.79 Å². The lowest BCUT2D eigenvalue weighted by molar-refractivity contribution is -0.139. The van der Waals surface area contributed by atoms with Crippen molar-refractivity contribution in [3.8, 4) is 0 Å². The van der Waals surface area contributed by atoms with E-state index in [2.05, 4.69) is 26.4 Å². The highest BCUT2D eigenvalue weighted by atomic mass is 32.1. The molecule has 0 atom stereocenters. The molecule has 0 saturated carbocycles. The number of piperidine rings is 1. The molecule has 2 aromatic rings. The Morgan fingerprint density at radius 3 is 2.96 bits per heavy atom. The van der Waals surface area contributed by atoms with Gasteiger partial charge in [0, 0.05) is 18.0 Å². The van der Waals surface area contributed by atoms with Crippen LogP contribution < -0.4 is 0 Å². The number of aromatic nitrogens is 2. The number of nitrogens with zero attached hydrogens (tertiary/aromatic N) is 3. The monoisotopic (exact) mass is 333 g/mol. The number of carbonyl (C=O) groups excluding carboxylic acids is 1. The fourth-order valence-corrected chi connectivity index (χ4v) is 4.68. The molecule has 4 heterocycles. The predicted octanol–water partition coefficient (Wildman–Crippen LogP) is 2.07. The van der Waals surface area contributed by atoms with Crippen molar-refractivity contribution in [2.45, 2.75) is 38.2 Å². The molecule has 0 unspecified atom stereocenters. The molecule has 1 spiro atoms. The van der Waals surface area contributed by atoms with Gasteiger partial charge in [-0.3, -0.25) is 4.79 Å². The van der Waals surface area contributed by atoms with Gasteiger partial charge in [-0.1, -0.05) is 10.3 Å². The maximum Gasteiger partial charge on any atom is 0.228 e. The Morgan fingerprint density at radius 2 is 2.22 bits per heavy atom. The number of amides is 1. The van der Waals surface area contributed by atoms with Crippen molar-refractivity contribution >= 4 is 17.2 Å². The van der Waals surface area contributed by atoms with Gasteiger partial charge in [0.25, 0.3) is 0 Å². The summed E-state index contributed by atoms with van der Waals surface area (Å²) in [4.78, 5) is 15.7. The van der Waals surface area contributed by atoms with Crippen LogP contribution >= 0.6 is 11.3 Å². The summed E-state index contributed by atoms with van der Waals surface area (Å²) in [6, 6.07) is 2.21. The third-order valence-electron chi connectivity index (χ3n) is 4.90. The highest BCUT2D eigenvalue weighted by molar-refractivity contribution is 7.10. The average Bonchev–Trinajstić information content (AvgIpc) is 3.19. The number of carbonyl (C=O) groups is 1. The van der Waals surface area contributed by atoms with Gasteiger partial charge in [-0.15, -0.1) is 11.3 Å². The number of rotatable bonds is 2. The molecule has 0 radical (unpaired) electrons. The highest BCUT2D eigenvalue weighted by Gasteiger charge is 2.42. The van der Waals surface area contributed by atoms with Crippen LogP contribution in [0.2, 0.25) is 0 Å². The summed E-state index contributed by atoms with van der Waals surface area (Å²) >= 11 is 1.79. The molecule has 4 rings (SSSR count).